The van der Waals surface area contributed by atoms with Crippen LogP contribution in [0.2, 0.25) is 0 Å². The molecule has 0 amide bonds. The van der Waals surface area contributed by atoms with Gasteiger partial charge in [0.25, 0.3) is 0 Å². The Balaban J connectivity index is 2.75. The van der Waals surface area contributed by atoms with Crippen molar-refractivity contribution >= 4 is 12.0 Å². The highest BCUT2D eigenvalue weighted by Gasteiger charge is 1.89. The van der Waals surface area contributed by atoms with Crippen LogP contribution in [0.15, 0.2) is 0 Å². The topological polar surface area (TPSA) is 21.3 Å². The molecule has 2 nitrogen and oxygen atoms in total. The minimum atomic E-state index is 0.586. The third-order valence-corrected chi connectivity index (χ3v) is 1.46. The fraction of sp³-hybridized carbons (Fsp3) is 1.00. The highest BCUT2D eigenvalue weighted by Crippen LogP contribution is 1.95. The summed E-state index contributed by atoms with van der Waals surface area (Å²) in [5.74, 6) is 1.02. The molecule has 0 heterocycles. The van der Waals surface area contributed by atoms with Crippen molar-refractivity contribution in [3.05, 3.63) is 0 Å². The van der Waals surface area contributed by atoms with Crippen molar-refractivity contribution in [3.63, 3.8) is 0 Å². The summed E-state index contributed by atoms with van der Waals surface area (Å²) in [5.41, 5.74) is 0. The fourth-order valence-electron chi connectivity index (χ4n) is 0.473. The molecule has 0 saturated heterocycles. The van der Waals surface area contributed by atoms with E-state index in [4.69, 9.17) is 4.18 Å². The Morgan fingerprint density at radius 1 is 1.56 bits per heavy atom. The predicted molar refractivity (Wildman–Crippen MR) is 42.6 cm³/mol. The van der Waals surface area contributed by atoms with Gasteiger partial charge in [0, 0.05) is 18.3 Å². The average Bonchev–Trinajstić information content (AvgIpc) is 1.80. The monoisotopic (exact) mass is 149 g/mol. The van der Waals surface area contributed by atoms with E-state index in [0.717, 1.165) is 12.3 Å². The molecule has 0 aliphatic heterocycles. The van der Waals surface area contributed by atoms with Crippen LogP contribution >= 0.6 is 12.0 Å². The molecule has 0 spiro atoms. The molecule has 0 saturated carbocycles. The Labute approximate surface area is 61.6 Å². The second kappa shape index (κ2) is 6.39. The Kier molecular flexibility index (Phi) is 6.58. The molecule has 0 bridgehead atoms. The molecule has 3 heteroatoms. The molecule has 0 radical (unpaired) electrons. The highest BCUT2D eigenvalue weighted by atomic mass is 32.2. The van der Waals surface area contributed by atoms with Crippen LogP contribution in [0.25, 0.3) is 0 Å². The highest BCUT2D eigenvalue weighted by molar-refractivity contribution is 7.94. The summed E-state index contributed by atoms with van der Waals surface area (Å²) in [6.45, 7) is 5.30. The van der Waals surface area contributed by atoms with E-state index in [-0.39, 0.29) is 0 Å². The van der Waals surface area contributed by atoms with Gasteiger partial charge in [-0.15, -0.1) is 0 Å². The van der Waals surface area contributed by atoms with Gasteiger partial charge in [0.1, 0.15) is 0 Å². The normalized spacial score (nSPS) is 10.7. The van der Waals surface area contributed by atoms with E-state index in [1.165, 1.54) is 12.0 Å². The van der Waals surface area contributed by atoms with E-state index in [0.29, 0.717) is 6.04 Å². The summed E-state index contributed by atoms with van der Waals surface area (Å²) >= 11 is 1.49. The van der Waals surface area contributed by atoms with E-state index in [2.05, 4.69) is 19.2 Å². The van der Waals surface area contributed by atoms with Gasteiger partial charge in [-0.2, -0.15) is 0 Å². The quantitative estimate of drug-likeness (QED) is 0.470. The number of hydrogen-bond acceptors (Lipinski definition) is 3. The second-order valence-corrected chi connectivity index (χ2v) is 3.07. The third kappa shape index (κ3) is 8.27. The predicted octanol–water partition coefficient (Wildman–Crippen LogP) is 1.28. The molecular weight excluding hydrogens is 134 g/mol. The number of hydrogen-bond donors (Lipinski definition) is 1. The van der Waals surface area contributed by atoms with Gasteiger partial charge in [-0.3, -0.25) is 0 Å². The maximum Gasteiger partial charge on any atom is 0.0503 e. The van der Waals surface area contributed by atoms with E-state index in [1.54, 1.807) is 7.11 Å². The van der Waals surface area contributed by atoms with Crippen molar-refractivity contribution < 1.29 is 4.18 Å². The van der Waals surface area contributed by atoms with Gasteiger partial charge in [0.2, 0.25) is 0 Å². The summed E-state index contributed by atoms with van der Waals surface area (Å²) in [7, 11) is 1.69. The van der Waals surface area contributed by atoms with Crippen LogP contribution in [-0.2, 0) is 4.18 Å². The van der Waals surface area contributed by atoms with Gasteiger partial charge >= 0.3 is 0 Å². The molecule has 56 valence electrons. The maximum absolute atomic E-state index is 4.80. The number of nitrogens with one attached hydrogen (secondary N) is 1. The van der Waals surface area contributed by atoms with Crippen LogP contribution in [0.5, 0.6) is 0 Å². The lowest BCUT2D eigenvalue weighted by Gasteiger charge is -2.05. The molecule has 0 aromatic rings. The zero-order valence-corrected chi connectivity index (χ0v) is 7.12. The molecular formula is C6H15NOS. The SMILES string of the molecule is COSCCNC(C)C. The standard InChI is InChI=1S/C6H15NOS/c1-6(2)7-4-5-9-8-3/h6-7H,4-5H2,1-3H3. The van der Waals surface area contributed by atoms with Crippen LogP contribution in [0, 0.1) is 0 Å². The molecule has 9 heavy (non-hydrogen) atoms. The zero-order chi connectivity index (χ0) is 7.11. The van der Waals surface area contributed by atoms with Gasteiger partial charge in [-0.05, 0) is 12.0 Å². The number of rotatable bonds is 5. The maximum atomic E-state index is 4.80. The molecule has 0 rings (SSSR count). The van der Waals surface area contributed by atoms with Gasteiger partial charge in [0.05, 0.1) is 7.11 Å². The summed E-state index contributed by atoms with van der Waals surface area (Å²) in [5, 5.41) is 3.28. The van der Waals surface area contributed by atoms with Crippen molar-refractivity contribution in [1.29, 1.82) is 0 Å². The van der Waals surface area contributed by atoms with Crippen LogP contribution < -0.4 is 5.32 Å². The Morgan fingerprint density at radius 3 is 2.67 bits per heavy atom. The third-order valence-electron chi connectivity index (χ3n) is 0.856. The van der Waals surface area contributed by atoms with Crippen LogP contribution in [0.1, 0.15) is 13.8 Å². The lowest BCUT2D eigenvalue weighted by Crippen LogP contribution is -2.24. The molecule has 1 N–H and O–H groups in total. The fourth-order valence-corrected chi connectivity index (χ4v) is 0.840. The lowest BCUT2D eigenvalue weighted by atomic mass is 10.4. The van der Waals surface area contributed by atoms with Crippen molar-refractivity contribution in [1.82, 2.24) is 5.32 Å². The van der Waals surface area contributed by atoms with Crippen molar-refractivity contribution in [2.75, 3.05) is 19.4 Å². The first-order valence-corrected chi connectivity index (χ1v) is 4.07. The van der Waals surface area contributed by atoms with E-state index >= 15 is 0 Å². The second-order valence-electron chi connectivity index (χ2n) is 2.10. The molecule has 0 aromatic heterocycles. The van der Waals surface area contributed by atoms with Crippen molar-refractivity contribution in [2.45, 2.75) is 19.9 Å². The van der Waals surface area contributed by atoms with E-state index in [1.807, 2.05) is 0 Å². The molecule has 0 aliphatic carbocycles. The smallest absolute Gasteiger partial charge is 0.0503 e. The van der Waals surface area contributed by atoms with Gasteiger partial charge in [-0.1, -0.05) is 13.8 Å². The van der Waals surface area contributed by atoms with Gasteiger partial charge < -0.3 is 9.50 Å². The molecule has 0 atom stereocenters. The largest absolute Gasteiger partial charge is 0.319 e. The van der Waals surface area contributed by atoms with Crippen LogP contribution in [0.4, 0.5) is 0 Å². The van der Waals surface area contributed by atoms with E-state index < -0.39 is 0 Å². The van der Waals surface area contributed by atoms with Crippen molar-refractivity contribution in [3.8, 4) is 0 Å². The molecule has 0 aliphatic rings. The molecule has 0 fully saturated rings. The Morgan fingerprint density at radius 2 is 2.22 bits per heavy atom. The summed E-state index contributed by atoms with van der Waals surface area (Å²) in [4.78, 5) is 0. The Bertz CT molecular complexity index is 59.0. The van der Waals surface area contributed by atoms with Crippen LogP contribution in [0.3, 0.4) is 0 Å². The van der Waals surface area contributed by atoms with E-state index in [9.17, 15) is 0 Å². The summed E-state index contributed by atoms with van der Waals surface area (Å²) in [6.07, 6.45) is 0. The summed E-state index contributed by atoms with van der Waals surface area (Å²) in [6, 6.07) is 0.586. The lowest BCUT2D eigenvalue weighted by molar-refractivity contribution is 0.487. The van der Waals surface area contributed by atoms with Gasteiger partial charge in [-0.25, -0.2) is 0 Å². The zero-order valence-electron chi connectivity index (χ0n) is 6.31. The van der Waals surface area contributed by atoms with Gasteiger partial charge in [0.15, 0.2) is 0 Å². The van der Waals surface area contributed by atoms with Crippen LogP contribution in [-0.4, -0.2) is 25.4 Å². The Hall–Kier alpha value is 0.270. The first kappa shape index (κ1) is 9.27. The minimum absolute atomic E-state index is 0.586. The van der Waals surface area contributed by atoms with Crippen molar-refractivity contribution in [2.24, 2.45) is 0 Å². The first-order chi connectivity index (χ1) is 4.27. The summed E-state index contributed by atoms with van der Waals surface area (Å²) < 4.78 is 4.80. The first-order valence-electron chi connectivity index (χ1n) is 3.16. The minimum Gasteiger partial charge on any atom is -0.319 e. The molecule has 0 unspecified atom stereocenters. The molecule has 0 aromatic carbocycles. The average molecular weight is 149 g/mol.